The number of amides is 1. The maximum absolute atomic E-state index is 13.2. The van der Waals surface area contributed by atoms with Crippen molar-refractivity contribution in [3.8, 4) is 11.5 Å². The summed E-state index contributed by atoms with van der Waals surface area (Å²) in [6.45, 7) is 4.22. The molecule has 2 aliphatic heterocycles. The summed E-state index contributed by atoms with van der Waals surface area (Å²) in [5.74, 6) is 0.452. The Morgan fingerprint density at radius 3 is 2.56 bits per heavy atom. The van der Waals surface area contributed by atoms with Crippen LogP contribution in [0.25, 0.3) is 0 Å². The van der Waals surface area contributed by atoms with E-state index in [0.717, 1.165) is 11.3 Å². The van der Waals surface area contributed by atoms with Crippen molar-refractivity contribution in [2.45, 2.75) is 32.9 Å². The van der Waals surface area contributed by atoms with Crippen molar-refractivity contribution >= 4 is 28.8 Å². The topological polar surface area (TPSA) is 89.5 Å². The molecule has 0 aliphatic carbocycles. The highest BCUT2D eigenvalue weighted by Gasteiger charge is 2.42. The van der Waals surface area contributed by atoms with Crippen LogP contribution >= 0.6 is 11.8 Å². The van der Waals surface area contributed by atoms with E-state index < -0.39 is 12.0 Å². The van der Waals surface area contributed by atoms with Gasteiger partial charge in [0.05, 0.1) is 44.6 Å². The zero-order valence-corrected chi connectivity index (χ0v) is 21.6. The summed E-state index contributed by atoms with van der Waals surface area (Å²) >= 11 is 1.42. The Morgan fingerprint density at radius 2 is 1.86 bits per heavy atom. The molecule has 8 nitrogen and oxygen atoms in total. The maximum Gasteiger partial charge on any atom is 0.338 e. The summed E-state index contributed by atoms with van der Waals surface area (Å²) in [6, 6.07) is 14.7. The van der Waals surface area contributed by atoms with Crippen LogP contribution in [0.3, 0.4) is 0 Å². The molecule has 2 aromatic carbocycles. The number of rotatable bonds is 9. The third kappa shape index (κ3) is 5.11. The number of nitrogens with one attached hydrogen (secondary N) is 1. The van der Waals surface area contributed by atoms with E-state index in [9.17, 15) is 9.59 Å². The molecule has 0 spiro atoms. The highest BCUT2D eigenvalue weighted by Crippen LogP contribution is 2.48. The number of hydrogen-bond donors (Lipinski definition) is 1. The number of hydrogen-bond acceptors (Lipinski definition) is 8. The van der Waals surface area contributed by atoms with Gasteiger partial charge < -0.3 is 24.4 Å². The number of aliphatic imine (C=N–C) groups is 1. The fraction of sp³-hybridized carbons (Fsp3) is 0.296. The summed E-state index contributed by atoms with van der Waals surface area (Å²) in [6.07, 6.45) is 0.122. The first kappa shape index (κ1) is 25.4. The van der Waals surface area contributed by atoms with E-state index >= 15 is 0 Å². The summed E-state index contributed by atoms with van der Waals surface area (Å²) in [5.41, 5.74) is 3.41. The number of carbonyl (C=O) groups excluding carboxylic acids is 2. The second kappa shape index (κ2) is 11.3. The zero-order chi connectivity index (χ0) is 25.7. The van der Waals surface area contributed by atoms with Crippen LogP contribution in [-0.2, 0) is 20.9 Å². The summed E-state index contributed by atoms with van der Waals surface area (Å²) < 4.78 is 16.7. The second-order valence-corrected chi connectivity index (χ2v) is 8.97. The molecule has 0 bridgehead atoms. The van der Waals surface area contributed by atoms with Gasteiger partial charge >= 0.3 is 5.97 Å². The molecule has 1 atom stereocenters. The van der Waals surface area contributed by atoms with Gasteiger partial charge in [-0.05, 0) is 30.9 Å². The molecule has 1 N–H and O–H groups in total. The smallest absolute Gasteiger partial charge is 0.338 e. The molecule has 2 aromatic rings. The van der Waals surface area contributed by atoms with Crippen LogP contribution < -0.4 is 14.8 Å². The summed E-state index contributed by atoms with van der Waals surface area (Å²) in [4.78, 5) is 32.7. The van der Waals surface area contributed by atoms with E-state index in [1.807, 2.05) is 52.8 Å². The molecule has 4 rings (SSSR count). The molecule has 0 saturated carbocycles. The summed E-state index contributed by atoms with van der Waals surface area (Å²) in [7, 11) is 3.13. The first-order valence-corrected chi connectivity index (χ1v) is 12.5. The monoisotopic (exact) mass is 507 g/mol. The largest absolute Gasteiger partial charge is 0.493 e. The number of thioether (sulfide) groups is 1. The predicted octanol–water partition coefficient (Wildman–Crippen LogP) is 4.55. The van der Waals surface area contributed by atoms with Crippen LogP contribution in [0, 0.1) is 0 Å². The van der Waals surface area contributed by atoms with Crippen molar-refractivity contribution in [1.29, 1.82) is 0 Å². The molecule has 188 valence electrons. The van der Waals surface area contributed by atoms with Crippen LogP contribution in [0.1, 0.15) is 37.4 Å². The number of ether oxygens (including phenoxy) is 3. The Labute approximate surface area is 215 Å². The Kier molecular flexibility index (Phi) is 8.00. The second-order valence-electron chi connectivity index (χ2n) is 8.14. The number of allylic oxidation sites excluding steroid dienone is 1. The number of fused-ring (bicyclic) bond motifs is 1. The van der Waals surface area contributed by atoms with Crippen LogP contribution in [0.5, 0.6) is 11.5 Å². The van der Waals surface area contributed by atoms with Gasteiger partial charge in [-0.1, -0.05) is 54.2 Å². The van der Waals surface area contributed by atoms with E-state index in [0.29, 0.717) is 40.0 Å². The lowest BCUT2D eigenvalue weighted by molar-refractivity contribution is -0.139. The number of carbonyl (C=O) groups is 2. The van der Waals surface area contributed by atoms with Gasteiger partial charge in [0.1, 0.15) is 0 Å². The lowest BCUT2D eigenvalue weighted by Gasteiger charge is -2.37. The predicted molar refractivity (Wildman–Crippen MR) is 139 cm³/mol. The zero-order valence-electron chi connectivity index (χ0n) is 20.7. The van der Waals surface area contributed by atoms with Gasteiger partial charge in [-0.15, -0.1) is 0 Å². The van der Waals surface area contributed by atoms with E-state index in [4.69, 9.17) is 14.2 Å². The van der Waals surface area contributed by atoms with E-state index in [-0.39, 0.29) is 18.9 Å². The number of para-hydroxylation sites is 1. The first-order valence-electron chi connectivity index (χ1n) is 11.6. The van der Waals surface area contributed by atoms with Gasteiger partial charge in [-0.25, -0.2) is 9.79 Å². The molecule has 1 amide bonds. The Bertz CT molecular complexity index is 1240. The molecular weight excluding hydrogens is 478 g/mol. The minimum atomic E-state index is -0.607. The molecule has 0 radical (unpaired) electrons. The van der Waals surface area contributed by atoms with Gasteiger partial charge in [0.15, 0.2) is 16.7 Å². The number of amidine groups is 1. The third-order valence-electron chi connectivity index (χ3n) is 5.90. The van der Waals surface area contributed by atoms with Gasteiger partial charge in [-0.2, -0.15) is 0 Å². The number of benzene rings is 2. The molecule has 0 unspecified atom stereocenters. The van der Waals surface area contributed by atoms with Crippen LogP contribution in [0.15, 0.2) is 75.9 Å². The van der Waals surface area contributed by atoms with Gasteiger partial charge in [0, 0.05) is 17.8 Å². The highest BCUT2D eigenvalue weighted by molar-refractivity contribution is 8.16. The quantitative estimate of drug-likeness (QED) is 0.498. The maximum atomic E-state index is 13.2. The lowest BCUT2D eigenvalue weighted by atomic mass is 9.92. The molecule has 2 heterocycles. The number of nitrogens with zero attached hydrogens (tertiary/aromatic N) is 2. The van der Waals surface area contributed by atoms with Crippen LogP contribution in [0.4, 0.5) is 0 Å². The van der Waals surface area contributed by atoms with Crippen molar-refractivity contribution in [3.05, 3.63) is 82.0 Å². The van der Waals surface area contributed by atoms with Crippen molar-refractivity contribution in [2.75, 3.05) is 20.8 Å². The van der Waals surface area contributed by atoms with E-state index in [1.165, 1.54) is 11.8 Å². The van der Waals surface area contributed by atoms with Crippen molar-refractivity contribution < 1.29 is 23.8 Å². The van der Waals surface area contributed by atoms with Crippen LogP contribution in [-0.4, -0.2) is 42.8 Å². The lowest BCUT2D eigenvalue weighted by Crippen LogP contribution is -2.38. The average molecular weight is 508 g/mol. The van der Waals surface area contributed by atoms with E-state index in [2.05, 4.69) is 10.3 Å². The average Bonchev–Trinajstić information content (AvgIpc) is 3.28. The fourth-order valence-corrected chi connectivity index (χ4v) is 5.25. The Morgan fingerprint density at radius 1 is 1.08 bits per heavy atom. The fourth-order valence-electron chi connectivity index (χ4n) is 4.28. The van der Waals surface area contributed by atoms with Crippen molar-refractivity contribution in [3.63, 3.8) is 0 Å². The SMILES string of the molecule is CCOC(=O)C1=C(C)N=C2SC=C(CC(=O)NCc3ccccc3)N2[C@H]1c1cccc(OC)c1OC. The molecule has 2 aliphatic rings. The molecule has 0 fully saturated rings. The van der Waals surface area contributed by atoms with Gasteiger partial charge in [-0.3, -0.25) is 4.79 Å². The minimum Gasteiger partial charge on any atom is -0.493 e. The van der Waals surface area contributed by atoms with E-state index in [1.54, 1.807) is 34.1 Å². The Hall–Kier alpha value is -3.72. The summed E-state index contributed by atoms with van der Waals surface area (Å²) in [5, 5.41) is 5.56. The third-order valence-corrected chi connectivity index (χ3v) is 6.79. The molecular formula is C27H29N3O5S. The number of methoxy groups -OCH3 is 2. The van der Waals surface area contributed by atoms with Crippen molar-refractivity contribution in [1.82, 2.24) is 10.2 Å². The standard InChI is InChI=1S/C27H29N3O5S/c1-5-35-26(32)23-17(2)29-27-30(24(23)20-12-9-13-21(33-3)25(20)34-4)19(16-36-27)14-22(31)28-15-18-10-7-6-8-11-18/h6-13,16,24H,5,14-15H2,1-4H3,(H,28,31)/t24-/m0/s1. The normalized spacial score (nSPS) is 16.7. The van der Waals surface area contributed by atoms with Gasteiger partial charge in [0.2, 0.25) is 5.91 Å². The molecule has 36 heavy (non-hydrogen) atoms. The van der Waals surface area contributed by atoms with Crippen molar-refractivity contribution in [2.24, 2.45) is 4.99 Å². The first-order chi connectivity index (χ1) is 17.5. The molecule has 0 saturated heterocycles. The Balaban J connectivity index is 1.69. The molecule has 9 heteroatoms. The molecule has 0 aromatic heterocycles. The van der Waals surface area contributed by atoms with Gasteiger partial charge in [0.25, 0.3) is 0 Å². The highest BCUT2D eigenvalue weighted by atomic mass is 32.2. The minimum absolute atomic E-state index is 0.122. The number of esters is 1. The van der Waals surface area contributed by atoms with Crippen LogP contribution in [0.2, 0.25) is 0 Å².